The largest absolute Gasteiger partial charge is 0.356 e. The molecule has 1 aliphatic rings. The van der Waals surface area contributed by atoms with E-state index < -0.39 is 5.54 Å². The standard InChI is InChI=1S/C19H27Cl2N5O2/c1-5-19(3)16(27)26(18(28)25-19)10-6-9-23-17(22-4)24-12(2)14-8-7-13(20)11-15(14)21/h7-8,11-12H,5-6,9-10H2,1-4H3,(H,25,28)(H2,22,23,24). The highest BCUT2D eigenvalue weighted by Crippen LogP contribution is 2.26. The van der Waals surface area contributed by atoms with E-state index in [-0.39, 0.29) is 18.0 Å². The molecule has 1 aromatic rings. The van der Waals surface area contributed by atoms with E-state index in [0.717, 1.165) is 5.56 Å². The predicted octanol–water partition coefficient (Wildman–Crippen LogP) is 3.33. The highest BCUT2D eigenvalue weighted by atomic mass is 35.5. The monoisotopic (exact) mass is 427 g/mol. The fraction of sp³-hybridized carbons (Fsp3) is 0.526. The Morgan fingerprint density at radius 1 is 1.36 bits per heavy atom. The third-order valence-electron chi connectivity index (χ3n) is 4.91. The molecule has 0 radical (unpaired) electrons. The fourth-order valence-electron chi connectivity index (χ4n) is 2.96. The summed E-state index contributed by atoms with van der Waals surface area (Å²) in [5, 5.41) is 10.4. The summed E-state index contributed by atoms with van der Waals surface area (Å²) in [4.78, 5) is 29.9. The maximum atomic E-state index is 12.4. The van der Waals surface area contributed by atoms with E-state index in [1.165, 1.54) is 4.90 Å². The van der Waals surface area contributed by atoms with Gasteiger partial charge in [-0.2, -0.15) is 0 Å². The number of amides is 3. The van der Waals surface area contributed by atoms with Crippen LogP contribution in [-0.2, 0) is 4.79 Å². The van der Waals surface area contributed by atoms with E-state index >= 15 is 0 Å². The van der Waals surface area contributed by atoms with Gasteiger partial charge in [0.05, 0.1) is 6.04 Å². The number of benzene rings is 1. The minimum atomic E-state index is -0.796. The van der Waals surface area contributed by atoms with Crippen molar-refractivity contribution in [3.8, 4) is 0 Å². The van der Waals surface area contributed by atoms with Gasteiger partial charge >= 0.3 is 6.03 Å². The van der Waals surface area contributed by atoms with Gasteiger partial charge in [-0.05, 0) is 44.4 Å². The van der Waals surface area contributed by atoms with Crippen LogP contribution in [-0.4, -0.2) is 48.5 Å². The second-order valence-electron chi connectivity index (χ2n) is 6.96. The molecule has 1 saturated heterocycles. The molecule has 0 bridgehead atoms. The number of carbonyl (C=O) groups is 2. The van der Waals surface area contributed by atoms with Gasteiger partial charge in [0.1, 0.15) is 5.54 Å². The van der Waals surface area contributed by atoms with E-state index in [1.54, 1.807) is 26.1 Å². The number of nitrogens with zero attached hydrogens (tertiary/aromatic N) is 2. The van der Waals surface area contributed by atoms with Crippen LogP contribution in [0, 0.1) is 0 Å². The summed E-state index contributed by atoms with van der Waals surface area (Å²) in [6.45, 7) is 6.51. The van der Waals surface area contributed by atoms with Crippen LogP contribution in [0.4, 0.5) is 4.79 Å². The maximum absolute atomic E-state index is 12.4. The lowest BCUT2D eigenvalue weighted by Gasteiger charge is -2.20. The topological polar surface area (TPSA) is 85.8 Å². The molecule has 2 rings (SSSR count). The Kier molecular flexibility index (Phi) is 7.55. The van der Waals surface area contributed by atoms with Gasteiger partial charge in [-0.15, -0.1) is 0 Å². The lowest BCUT2D eigenvalue weighted by atomic mass is 9.99. The average Bonchev–Trinajstić information content (AvgIpc) is 2.87. The summed E-state index contributed by atoms with van der Waals surface area (Å²) in [6.07, 6.45) is 1.17. The molecule has 2 unspecified atom stereocenters. The molecule has 0 aromatic heterocycles. The van der Waals surface area contributed by atoms with Gasteiger partial charge in [-0.1, -0.05) is 36.2 Å². The average molecular weight is 428 g/mol. The van der Waals surface area contributed by atoms with E-state index in [4.69, 9.17) is 23.2 Å². The number of guanidine groups is 1. The van der Waals surface area contributed by atoms with Crippen LogP contribution < -0.4 is 16.0 Å². The summed E-state index contributed by atoms with van der Waals surface area (Å²) in [7, 11) is 1.68. The minimum absolute atomic E-state index is 0.0767. The Morgan fingerprint density at radius 3 is 2.64 bits per heavy atom. The lowest BCUT2D eigenvalue weighted by molar-refractivity contribution is -0.130. The molecule has 0 spiro atoms. The molecule has 0 saturated carbocycles. The second-order valence-corrected chi connectivity index (χ2v) is 7.80. The van der Waals surface area contributed by atoms with Crippen molar-refractivity contribution in [2.24, 2.45) is 4.99 Å². The smallest absolute Gasteiger partial charge is 0.325 e. The summed E-state index contributed by atoms with van der Waals surface area (Å²) in [6, 6.07) is 4.96. The third-order valence-corrected chi connectivity index (χ3v) is 5.47. The molecule has 3 amide bonds. The van der Waals surface area contributed by atoms with Gasteiger partial charge in [0, 0.05) is 30.2 Å². The third kappa shape index (κ3) is 5.08. The van der Waals surface area contributed by atoms with Crippen molar-refractivity contribution in [1.29, 1.82) is 0 Å². The number of urea groups is 1. The van der Waals surface area contributed by atoms with E-state index in [2.05, 4.69) is 20.9 Å². The number of halogens is 2. The van der Waals surface area contributed by atoms with Crippen molar-refractivity contribution in [3.63, 3.8) is 0 Å². The SMILES string of the molecule is CCC1(C)NC(=O)N(CCCNC(=NC)NC(C)c2ccc(Cl)cc2Cl)C1=O. The summed E-state index contributed by atoms with van der Waals surface area (Å²) in [5.41, 5.74) is 0.113. The van der Waals surface area contributed by atoms with Crippen LogP contribution in [0.15, 0.2) is 23.2 Å². The van der Waals surface area contributed by atoms with Gasteiger partial charge in [0.2, 0.25) is 0 Å². The molecule has 1 fully saturated rings. The Morgan fingerprint density at radius 2 is 2.07 bits per heavy atom. The van der Waals surface area contributed by atoms with Crippen LogP contribution in [0.1, 0.15) is 45.2 Å². The quantitative estimate of drug-likeness (QED) is 0.269. The molecular formula is C19H27Cl2N5O2. The number of rotatable bonds is 7. The highest BCUT2D eigenvalue weighted by molar-refractivity contribution is 6.35. The van der Waals surface area contributed by atoms with Crippen LogP contribution in [0.25, 0.3) is 0 Å². The number of hydrogen-bond donors (Lipinski definition) is 3. The number of carbonyl (C=O) groups excluding carboxylic acids is 2. The van der Waals surface area contributed by atoms with Gasteiger partial charge in [-0.25, -0.2) is 4.79 Å². The maximum Gasteiger partial charge on any atom is 0.325 e. The molecule has 0 aliphatic carbocycles. The Balaban J connectivity index is 1.83. The van der Waals surface area contributed by atoms with Crippen molar-refractivity contribution >= 4 is 41.1 Å². The Labute approximate surface area is 175 Å². The van der Waals surface area contributed by atoms with Crippen molar-refractivity contribution in [3.05, 3.63) is 33.8 Å². The van der Waals surface area contributed by atoms with Crippen LogP contribution >= 0.6 is 23.2 Å². The molecule has 154 valence electrons. The second kappa shape index (κ2) is 9.47. The first-order chi connectivity index (χ1) is 13.2. The van der Waals surface area contributed by atoms with Crippen molar-refractivity contribution in [2.75, 3.05) is 20.1 Å². The van der Waals surface area contributed by atoms with Crippen molar-refractivity contribution < 1.29 is 9.59 Å². The molecule has 2 atom stereocenters. The predicted molar refractivity (Wildman–Crippen MR) is 113 cm³/mol. The van der Waals surface area contributed by atoms with Crippen LogP contribution in [0.5, 0.6) is 0 Å². The molecule has 28 heavy (non-hydrogen) atoms. The lowest BCUT2D eigenvalue weighted by Crippen LogP contribution is -2.43. The molecule has 3 N–H and O–H groups in total. The normalized spacial score (nSPS) is 20.9. The van der Waals surface area contributed by atoms with Gasteiger partial charge in [0.15, 0.2) is 5.96 Å². The first-order valence-corrected chi connectivity index (χ1v) is 10.0. The summed E-state index contributed by atoms with van der Waals surface area (Å²) >= 11 is 12.2. The highest BCUT2D eigenvalue weighted by Gasteiger charge is 2.45. The van der Waals surface area contributed by atoms with Crippen molar-refractivity contribution in [1.82, 2.24) is 20.9 Å². The molecule has 1 aliphatic heterocycles. The molecular weight excluding hydrogens is 401 g/mol. The fourth-order valence-corrected chi connectivity index (χ4v) is 3.54. The number of imide groups is 1. The minimum Gasteiger partial charge on any atom is -0.356 e. The number of hydrogen-bond acceptors (Lipinski definition) is 3. The molecule has 7 nitrogen and oxygen atoms in total. The number of nitrogens with one attached hydrogen (secondary N) is 3. The van der Waals surface area contributed by atoms with Gasteiger partial charge in [-0.3, -0.25) is 14.7 Å². The zero-order valence-electron chi connectivity index (χ0n) is 16.6. The first kappa shape index (κ1) is 22.3. The van der Waals surface area contributed by atoms with Crippen molar-refractivity contribution in [2.45, 2.75) is 45.2 Å². The van der Waals surface area contributed by atoms with E-state index in [1.807, 2.05) is 19.9 Å². The zero-order valence-corrected chi connectivity index (χ0v) is 18.1. The van der Waals surface area contributed by atoms with Crippen LogP contribution in [0.2, 0.25) is 10.0 Å². The molecule has 1 heterocycles. The summed E-state index contributed by atoms with van der Waals surface area (Å²) in [5.74, 6) is 0.433. The Bertz CT molecular complexity index is 771. The van der Waals surface area contributed by atoms with Crippen LogP contribution in [0.3, 0.4) is 0 Å². The van der Waals surface area contributed by atoms with Gasteiger partial charge < -0.3 is 16.0 Å². The molecule has 9 heteroatoms. The van der Waals surface area contributed by atoms with Gasteiger partial charge in [0.25, 0.3) is 5.91 Å². The molecule has 1 aromatic carbocycles. The van der Waals surface area contributed by atoms with E-state index in [9.17, 15) is 9.59 Å². The Hall–Kier alpha value is -1.99. The zero-order chi connectivity index (χ0) is 20.9. The number of aliphatic imine (C=N–C) groups is 1. The summed E-state index contributed by atoms with van der Waals surface area (Å²) < 4.78 is 0. The van der Waals surface area contributed by atoms with E-state index in [0.29, 0.717) is 41.9 Å². The first-order valence-electron chi connectivity index (χ1n) is 9.28.